The summed E-state index contributed by atoms with van der Waals surface area (Å²) in [6, 6.07) is 7.46. The van der Waals surface area contributed by atoms with Gasteiger partial charge in [-0.1, -0.05) is 24.3 Å². The summed E-state index contributed by atoms with van der Waals surface area (Å²) in [7, 11) is 1.70. The van der Waals surface area contributed by atoms with Gasteiger partial charge in [-0.05, 0) is 24.5 Å². The first-order valence-electron chi connectivity index (χ1n) is 9.42. The molecule has 0 radical (unpaired) electrons. The Morgan fingerprint density at radius 1 is 1.33 bits per heavy atom. The molecule has 3 rings (SSSR count). The molecule has 0 saturated heterocycles. The summed E-state index contributed by atoms with van der Waals surface area (Å²) in [5.74, 6) is 2.45. The molecular formula is C19H26F3IN6O. The van der Waals surface area contributed by atoms with Crippen molar-refractivity contribution < 1.29 is 17.9 Å². The Balaban J connectivity index is 0.00000320. The summed E-state index contributed by atoms with van der Waals surface area (Å²) < 4.78 is 43.2. The van der Waals surface area contributed by atoms with Gasteiger partial charge in [0.2, 0.25) is 0 Å². The predicted molar refractivity (Wildman–Crippen MR) is 118 cm³/mol. The molecule has 30 heavy (non-hydrogen) atoms. The van der Waals surface area contributed by atoms with E-state index >= 15 is 0 Å². The Hall–Kier alpha value is -1.89. The van der Waals surface area contributed by atoms with Crippen LogP contribution in [0.1, 0.15) is 29.2 Å². The van der Waals surface area contributed by atoms with Crippen molar-refractivity contribution in [2.24, 2.45) is 4.99 Å². The van der Waals surface area contributed by atoms with Gasteiger partial charge in [0.15, 0.2) is 5.96 Å². The van der Waals surface area contributed by atoms with Crippen LogP contribution >= 0.6 is 24.0 Å². The van der Waals surface area contributed by atoms with Crippen LogP contribution in [0.2, 0.25) is 0 Å². The molecule has 1 unspecified atom stereocenters. The molecule has 7 nitrogen and oxygen atoms in total. The quantitative estimate of drug-likeness (QED) is 0.336. The van der Waals surface area contributed by atoms with Crippen molar-refractivity contribution in [3.05, 3.63) is 47.0 Å². The van der Waals surface area contributed by atoms with Crippen molar-refractivity contribution in [1.82, 2.24) is 25.4 Å². The third kappa shape index (κ3) is 7.42. The molecule has 1 atom stereocenters. The van der Waals surface area contributed by atoms with E-state index in [4.69, 9.17) is 4.74 Å². The molecule has 0 aliphatic carbocycles. The third-order valence-electron chi connectivity index (χ3n) is 4.51. The second-order valence-corrected chi connectivity index (χ2v) is 6.99. The molecule has 1 aromatic carbocycles. The van der Waals surface area contributed by atoms with Crippen LogP contribution in [0.15, 0.2) is 29.3 Å². The lowest BCUT2D eigenvalue weighted by molar-refractivity contribution is -0.176. The first-order valence-corrected chi connectivity index (χ1v) is 9.42. The number of aromatic nitrogens is 3. The van der Waals surface area contributed by atoms with Crippen LogP contribution in [0, 0.1) is 6.92 Å². The highest BCUT2D eigenvalue weighted by atomic mass is 127. The maximum absolute atomic E-state index is 12.2. The van der Waals surface area contributed by atoms with E-state index in [2.05, 4.69) is 25.7 Å². The minimum atomic E-state index is -4.32. The fourth-order valence-corrected chi connectivity index (χ4v) is 3.24. The van der Waals surface area contributed by atoms with Crippen molar-refractivity contribution in [2.75, 3.05) is 13.7 Å². The van der Waals surface area contributed by atoms with Crippen LogP contribution in [0.25, 0.3) is 0 Å². The Morgan fingerprint density at radius 2 is 2.10 bits per heavy atom. The minimum absolute atomic E-state index is 0. The fraction of sp³-hybridized carbons (Fsp3) is 0.526. The normalized spacial score (nSPS) is 16.6. The fourth-order valence-electron chi connectivity index (χ4n) is 3.24. The number of ether oxygens (including phenoxy) is 1. The van der Waals surface area contributed by atoms with E-state index in [1.54, 1.807) is 19.2 Å². The topological polar surface area (TPSA) is 76.4 Å². The first kappa shape index (κ1) is 24.4. The number of nitrogens with zero attached hydrogens (tertiary/aromatic N) is 4. The zero-order chi connectivity index (χ0) is 20.9. The highest BCUT2D eigenvalue weighted by Crippen LogP contribution is 2.16. The molecule has 0 spiro atoms. The van der Waals surface area contributed by atoms with Gasteiger partial charge in [0, 0.05) is 26.1 Å². The number of guanidine groups is 1. The van der Waals surface area contributed by atoms with Gasteiger partial charge >= 0.3 is 6.18 Å². The molecule has 0 amide bonds. The van der Waals surface area contributed by atoms with E-state index in [0.29, 0.717) is 18.1 Å². The maximum atomic E-state index is 12.2. The van der Waals surface area contributed by atoms with Crippen molar-refractivity contribution >= 4 is 29.9 Å². The van der Waals surface area contributed by atoms with Crippen LogP contribution in [0.4, 0.5) is 13.2 Å². The van der Waals surface area contributed by atoms with Gasteiger partial charge in [-0.3, -0.25) is 4.99 Å². The van der Waals surface area contributed by atoms with E-state index in [-0.39, 0.29) is 36.6 Å². The van der Waals surface area contributed by atoms with Crippen molar-refractivity contribution in [3.63, 3.8) is 0 Å². The summed E-state index contributed by atoms with van der Waals surface area (Å²) in [5, 5.41) is 11.0. The third-order valence-corrected chi connectivity index (χ3v) is 4.51. The molecule has 1 aliphatic heterocycles. The summed E-state index contributed by atoms with van der Waals surface area (Å²) in [4.78, 5) is 8.67. The van der Waals surface area contributed by atoms with E-state index in [1.165, 1.54) is 0 Å². The van der Waals surface area contributed by atoms with Crippen LogP contribution in [0.5, 0.6) is 0 Å². The molecule has 166 valence electrons. The molecule has 2 aromatic rings. The van der Waals surface area contributed by atoms with Gasteiger partial charge in [0.1, 0.15) is 18.3 Å². The SMILES string of the molecule is CN=C(NCc1cccc(COCC(F)(F)F)c1)NC1CCc2nc(C)nn2C1.I. The van der Waals surface area contributed by atoms with Crippen LogP contribution in [-0.2, 0) is 30.9 Å². The van der Waals surface area contributed by atoms with Gasteiger partial charge in [0.05, 0.1) is 13.2 Å². The van der Waals surface area contributed by atoms with E-state index in [0.717, 1.165) is 36.6 Å². The highest BCUT2D eigenvalue weighted by Gasteiger charge is 2.27. The molecule has 1 aliphatic rings. The number of aliphatic imine (C=N–C) groups is 1. The zero-order valence-electron chi connectivity index (χ0n) is 16.9. The molecule has 2 heterocycles. The Labute approximate surface area is 190 Å². The number of nitrogens with one attached hydrogen (secondary N) is 2. The lowest BCUT2D eigenvalue weighted by Gasteiger charge is -2.25. The Kier molecular flexibility index (Phi) is 8.89. The molecule has 2 N–H and O–H groups in total. The standard InChI is InChI=1S/C19H25F3N6O.HI/c1-13-25-17-7-6-16(10-28(17)27-13)26-18(23-2)24-9-14-4-3-5-15(8-14)11-29-12-19(20,21)22;/h3-5,8,16H,6-7,9-12H2,1-2H3,(H2,23,24,26);1H. The molecule has 0 fully saturated rings. The molecular weight excluding hydrogens is 512 g/mol. The van der Waals surface area contributed by atoms with Crippen LogP contribution in [0.3, 0.4) is 0 Å². The number of halogens is 4. The van der Waals surface area contributed by atoms with Crippen LogP contribution < -0.4 is 10.6 Å². The second-order valence-electron chi connectivity index (χ2n) is 6.99. The number of rotatable bonds is 6. The summed E-state index contributed by atoms with van der Waals surface area (Å²) in [6.45, 7) is 1.77. The van der Waals surface area contributed by atoms with E-state index in [9.17, 15) is 13.2 Å². The van der Waals surface area contributed by atoms with Crippen LogP contribution in [-0.4, -0.2) is 46.6 Å². The molecule has 0 saturated carbocycles. The zero-order valence-corrected chi connectivity index (χ0v) is 19.2. The number of aryl methyl sites for hydroxylation is 2. The summed E-state index contributed by atoms with van der Waals surface area (Å²) in [6.07, 6.45) is -2.53. The maximum Gasteiger partial charge on any atom is 0.411 e. The smallest absolute Gasteiger partial charge is 0.367 e. The average molecular weight is 538 g/mol. The molecule has 1 aromatic heterocycles. The molecule has 0 bridgehead atoms. The lowest BCUT2D eigenvalue weighted by Crippen LogP contribution is -2.46. The first-order chi connectivity index (χ1) is 13.8. The van der Waals surface area contributed by atoms with Gasteiger partial charge < -0.3 is 15.4 Å². The second kappa shape index (κ2) is 10.9. The van der Waals surface area contributed by atoms with Crippen molar-refractivity contribution in [3.8, 4) is 0 Å². The van der Waals surface area contributed by atoms with E-state index < -0.39 is 12.8 Å². The summed E-state index contributed by atoms with van der Waals surface area (Å²) in [5.41, 5.74) is 1.62. The number of alkyl halides is 3. The van der Waals surface area contributed by atoms with Crippen molar-refractivity contribution in [2.45, 2.75) is 51.7 Å². The van der Waals surface area contributed by atoms with Gasteiger partial charge in [-0.15, -0.1) is 24.0 Å². The predicted octanol–water partition coefficient (Wildman–Crippen LogP) is 2.96. The summed E-state index contributed by atoms with van der Waals surface area (Å²) >= 11 is 0. The monoisotopic (exact) mass is 538 g/mol. The number of hydrogen-bond donors (Lipinski definition) is 2. The Bertz CT molecular complexity index is 855. The van der Waals surface area contributed by atoms with Gasteiger partial charge in [-0.2, -0.15) is 18.3 Å². The molecule has 11 heteroatoms. The largest absolute Gasteiger partial charge is 0.411 e. The van der Waals surface area contributed by atoms with Gasteiger partial charge in [0.25, 0.3) is 0 Å². The number of benzene rings is 1. The van der Waals surface area contributed by atoms with E-state index in [1.807, 2.05) is 23.7 Å². The minimum Gasteiger partial charge on any atom is -0.367 e. The number of fused-ring (bicyclic) bond motifs is 1. The Morgan fingerprint density at radius 3 is 2.83 bits per heavy atom. The van der Waals surface area contributed by atoms with Crippen molar-refractivity contribution in [1.29, 1.82) is 0 Å². The lowest BCUT2D eigenvalue weighted by atomic mass is 10.1. The number of hydrogen-bond acceptors (Lipinski definition) is 4. The van der Waals surface area contributed by atoms with Gasteiger partial charge in [-0.25, -0.2) is 9.67 Å². The highest BCUT2D eigenvalue weighted by molar-refractivity contribution is 14.0. The average Bonchev–Trinajstić information content (AvgIpc) is 3.03.